The molecule has 0 fully saturated rings. The Morgan fingerprint density at radius 2 is 1.50 bits per heavy atom. The van der Waals surface area contributed by atoms with Crippen LogP contribution in [0.15, 0.2) is 18.2 Å². The fourth-order valence-electron chi connectivity index (χ4n) is 7.66. The maximum absolute atomic E-state index is 14.6. The summed E-state index contributed by atoms with van der Waals surface area (Å²) in [4.78, 5) is 71.8. The number of rotatable bonds is 9. The SMILES string of the molecule is CCC(=O)NCCN1C(=O)c2c3[nH]c(cc4nc(cc5nc(cc6[nH]c2c(c6C)C1=O)C(CC)=C5C)C(CC)=C4C)C(C)C3CCC(=O)OC. The Bertz CT molecular complexity index is 2080. The molecule has 2 atom stereocenters. The van der Waals surface area contributed by atoms with E-state index in [9.17, 15) is 19.2 Å². The van der Waals surface area contributed by atoms with Gasteiger partial charge in [-0.25, -0.2) is 9.97 Å². The van der Waals surface area contributed by atoms with E-state index < -0.39 is 11.8 Å². The first kappa shape index (κ1) is 34.8. The number of aryl methyl sites for hydroxylation is 1. The first-order valence-corrected chi connectivity index (χ1v) is 17.6. The van der Waals surface area contributed by atoms with Crippen LogP contribution >= 0.6 is 0 Å². The van der Waals surface area contributed by atoms with Gasteiger partial charge in [0.25, 0.3) is 11.8 Å². The lowest BCUT2D eigenvalue weighted by molar-refractivity contribution is -0.140. The number of allylic oxidation sites excluding steroid dienone is 4. The number of aromatic amines is 2. The monoisotopic (exact) mass is 678 g/mol. The number of fused-ring (bicyclic) bond motifs is 8. The van der Waals surface area contributed by atoms with E-state index in [0.717, 1.165) is 63.6 Å². The molecule has 2 aromatic heterocycles. The first-order valence-electron chi connectivity index (χ1n) is 17.6. The van der Waals surface area contributed by atoms with E-state index in [4.69, 9.17) is 14.7 Å². The lowest BCUT2D eigenvalue weighted by atomic mass is 9.84. The number of H-pyrrole nitrogens is 2. The minimum absolute atomic E-state index is 0.0103. The lowest BCUT2D eigenvalue weighted by Gasteiger charge is -2.27. The van der Waals surface area contributed by atoms with Crippen LogP contribution in [0.1, 0.15) is 146 Å². The summed E-state index contributed by atoms with van der Waals surface area (Å²) in [7, 11) is 1.37. The fraction of sp³-hybridized carbons (Fsp3) is 0.436. The van der Waals surface area contributed by atoms with Crippen LogP contribution in [-0.4, -0.2) is 68.7 Å². The Labute approximate surface area is 292 Å². The molecule has 0 aliphatic carbocycles. The number of carbonyl (C=O) groups is 4. The molecule has 0 saturated carbocycles. The topological polar surface area (TPSA) is 150 Å². The van der Waals surface area contributed by atoms with Gasteiger partial charge in [0.1, 0.15) is 0 Å². The van der Waals surface area contributed by atoms with Crippen LogP contribution in [0.2, 0.25) is 0 Å². The van der Waals surface area contributed by atoms with Crippen LogP contribution in [0, 0.1) is 6.92 Å². The number of hydrogen-bond donors (Lipinski definition) is 3. The van der Waals surface area contributed by atoms with E-state index in [2.05, 4.69) is 56.0 Å². The van der Waals surface area contributed by atoms with Gasteiger partial charge in [-0.05, 0) is 86.1 Å². The lowest BCUT2D eigenvalue weighted by Crippen LogP contribution is -2.45. The molecule has 2 aromatic rings. The third-order valence-corrected chi connectivity index (χ3v) is 10.7. The molecule has 50 heavy (non-hydrogen) atoms. The van der Waals surface area contributed by atoms with Crippen LogP contribution in [0.4, 0.5) is 0 Å². The largest absolute Gasteiger partial charge is 0.469 e. The molecule has 6 heterocycles. The predicted octanol–water partition coefficient (Wildman–Crippen LogP) is 6.99. The summed E-state index contributed by atoms with van der Waals surface area (Å²) >= 11 is 0. The summed E-state index contributed by atoms with van der Waals surface area (Å²) in [5.41, 5.74) is 11.9. The van der Waals surface area contributed by atoms with Crippen LogP contribution in [-0.2, 0) is 14.3 Å². The highest BCUT2D eigenvalue weighted by Crippen LogP contribution is 2.45. The fourth-order valence-corrected chi connectivity index (χ4v) is 7.66. The summed E-state index contributed by atoms with van der Waals surface area (Å²) in [5, 5.41) is 2.80. The van der Waals surface area contributed by atoms with Crippen molar-refractivity contribution in [3.8, 4) is 0 Å². The number of imide groups is 1. The number of esters is 1. The summed E-state index contributed by atoms with van der Waals surface area (Å²) in [6.07, 6.45) is 2.44. The van der Waals surface area contributed by atoms with Crippen molar-refractivity contribution in [3.05, 3.63) is 69.1 Å². The van der Waals surface area contributed by atoms with Crippen LogP contribution in [0.25, 0.3) is 33.3 Å². The van der Waals surface area contributed by atoms with Crippen molar-refractivity contribution in [1.82, 2.24) is 30.2 Å². The average Bonchev–Trinajstić information content (AvgIpc) is 3.78. The highest BCUT2D eigenvalue weighted by atomic mass is 16.5. The minimum atomic E-state index is -0.465. The molecule has 6 rings (SSSR count). The van der Waals surface area contributed by atoms with Gasteiger partial charge in [-0.2, -0.15) is 0 Å². The van der Waals surface area contributed by atoms with Crippen molar-refractivity contribution in [1.29, 1.82) is 0 Å². The van der Waals surface area contributed by atoms with Crippen molar-refractivity contribution in [2.45, 2.75) is 92.4 Å². The van der Waals surface area contributed by atoms with Gasteiger partial charge in [0.05, 0.1) is 46.5 Å². The molecule has 8 bridgehead atoms. The van der Waals surface area contributed by atoms with Gasteiger partial charge in [-0.15, -0.1) is 0 Å². The second-order valence-corrected chi connectivity index (χ2v) is 13.4. The Morgan fingerprint density at radius 3 is 2.12 bits per heavy atom. The average molecular weight is 679 g/mol. The van der Waals surface area contributed by atoms with Crippen LogP contribution in [0.5, 0.6) is 0 Å². The predicted molar refractivity (Wildman–Crippen MR) is 194 cm³/mol. The number of amides is 3. The zero-order chi connectivity index (χ0) is 36.0. The highest BCUT2D eigenvalue weighted by molar-refractivity contribution is 6.23. The Kier molecular flexibility index (Phi) is 9.52. The molecule has 0 radical (unpaired) electrons. The zero-order valence-electron chi connectivity index (χ0n) is 30.2. The van der Waals surface area contributed by atoms with Gasteiger partial charge in [0.15, 0.2) is 0 Å². The number of methoxy groups -OCH3 is 1. The third kappa shape index (κ3) is 5.82. The van der Waals surface area contributed by atoms with Gasteiger partial charge in [-0.3, -0.25) is 24.1 Å². The van der Waals surface area contributed by atoms with Crippen molar-refractivity contribution in [2.24, 2.45) is 0 Å². The van der Waals surface area contributed by atoms with Gasteiger partial charge < -0.3 is 20.0 Å². The maximum Gasteiger partial charge on any atom is 0.305 e. The number of hydrogen-bond acceptors (Lipinski definition) is 7. The molecule has 3 N–H and O–H groups in total. The molecule has 262 valence electrons. The molecular formula is C39H46N6O5. The smallest absolute Gasteiger partial charge is 0.305 e. The molecule has 4 aliphatic rings. The van der Waals surface area contributed by atoms with Crippen molar-refractivity contribution in [3.63, 3.8) is 0 Å². The summed E-state index contributed by atoms with van der Waals surface area (Å²) in [6, 6.07) is 6.09. The Morgan fingerprint density at radius 1 is 0.880 bits per heavy atom. The number of carbonyl (C=O) groups excluding carboxylic acids is 4. The van der Waals surface area contributed by atoms with E-state index in [0.29, 0.717) is 46.3 Å². The second-order valence-electron chi connectivity index (χ2n) is 13.4. The molecule has 11 heteroatoms. The van der Waals surface area contributed by atoms with Crippen LogP contribution in [0.3, 0.4) is 0 Å². The second kappa shape index (κ2) is 13.7. The molecule has 4 aliphatic heterocycles. The maximum atomic E-state index is 14.6. The number of nitrogens with one attached hydrogen (secondary N) is 3. The van der Waals surface area contributed by atoms with E-state index in [-0.39, 0.29) is 43.2 Å². The molecule has 11 nitrogen and oxygen atoms in total. The van der Waals surface area contributed by atoms with Crippen molar-refractivity contribution >= 4 is 57.0 Å². The normalized spacial score (nSPS) is 17.8. The van der Waals surface area contributed by atoms with Crippen molar-refractivity contribution in [2.75, 3.05) is 20.2 Å². The van der Waals surface area contributed by atoms with Crippen LogP contribution < -0.4 is 5.32 Å². The van der Waals surface area contributed by atoms with E-state index in [1.54, 1.807) is 6.92 Å². The number of nitrogens with zero attached hydrogens (tertiary/aromatic N) is 3. The molecule has 0 spiro atoms. The number of aromatic nitrogens is 4. The standard InChI is InChI=1S/C39H46N6O5/c1-9-23-19(4)26-16-28-21(6)25(12-13-33(47)50-8)36(43-28)35-37-34(38(48)45(39(35)49)15-14-40-32(46)11-3)22(7)29(44-37)18-31-24(10-2)20(5)27(42-31)17-30(23)41-26/h16-18,21,25,43-44H,9-15H2,1-8H3,(H,40,46). The quantitative estimate of drug-likeness (QED) is 0.191. The highest BCUT2D eigenvalue weighted by Gasteiger charge is 2.40. The first-order chi connectivity index (χ1) is 23.9. The van der Waals surface area contributed by atoms with Gasteiger partial charge >= 0.3 is 5.97 Å². The van der Waals surface area contributed by atoms with E-state index in [1.165, 1.54) is 12.0 Å². The molecule has 0 saturated heterocycles. The molecular weight excluding hydrogens is 632 g/mol. The van der Waals surface area contributed by atoms with Gasteiger partial charge in [0.2, 0.25) is 5.91 Å². The summed E-state index contributed by atoms with van der Waals surface area (Å²) in [6.45, 7) is 14.2. The molecule has 2 unspecified atom stereocenters. The molecule has 0 aromatic carbocycles. The van der Waals surface area contributed by atoms with Gasteiger partial charge in [0, 0.05) is 54.7 Å². The minimum Gasteiger partial charge on any atom is -0.469 e. The zero-order valence-corrected chi connectivity index (χ0v) is 30.2. The number of ether oxygens (including phenoxy) is 1. The third-order valence-electron chi connectivity index (χ3n) is 10.7. The summed E-state index contributed by atoms with van der Waals surface area (Å²) < 4.78 is 5.00. The molecule has 3 amide bonds. The van der Waals surface area contributed by atoms with E-state index >= 15 is 0 Å². The van der Waals surface area contributed by atoms with Crippen molar-refractivity contribution < 1.29 is 23.9 Å². The van der Waals surface area contributed by atoms with Gasteiger partial charge in [-0.1, -0.05) is 27.7 Å². The Balaban J connectivity index is 1.72. The summed E-state index contributed by atoms with van der Waals surface area (Å²) in [5.74, 6) is -1.78. The Hall–Kier alpha value is -5.06. The van der Waals surface area contributed by atoms with E-state index in [1.807, 2.05) is 19.1 Å².